The van der Waals surface area contributed by atoms with E-state index in [-0.39, 0.29) is 36.2 Å². The first kappa shape index (κ1) is 17.2. The molecular formula is C19H24N3O4+. The topological polar surface area (TPSA) is 92.3 Å². The average molecular weight is 358 g/mol. The smallest absolute Gasteiger partial charge is 0.291 e. The van der Waals surface area contributed by atoms with Gasteiger partial charge >= 0.3 is 0 Å². The first-order chi connectivity index (χ1) is 12.4. The van der Waals surface area contributed by atoms with Gasteiger partial charge < -0.3 is 15.4 Å². The molecular weight excluding hydrogens is 334 g/mol. The highest BCUT2D eigenvalue weighted by molar-refractivity contribution is 6.13. The van der Waals surface area contributed by atoms with Gasteiger partial charge in [0, 0.05) is 18.6 Å². The lowest BCUT2D eigenvalue weighted by Gasteiger charge is -2.27. The van der Waals surface area contributed by atoms with E-state index < -0.39 is 17.4 Å². The van der Waals surface area contributed by atoms with Gasteiger partial charge in [0.1, 0.15) is 17.9 Å². The van der Waals surface area contributed by atoms with Gasteiger partial charge in [0.15, 0.2) is 0 Å². The van der Waals surface area contributed by atoms with Gasteiger partial charge in [-0.15, -0.1) is 0 Å². The van der Waals surface area contributed by atoms with E-state index in [1.54, 1.807) is 7.11 Å². The van der Waals surface area contributed by atoms with Crippen molar-refractivity contribution in [2.75, 3.05) is 25.6 Å². The number of fused-ring (bicyclic) bond motifs is 4. The molecule has 0 unspecified atom stereocenters. The molecule has 0 bridgehead atoms. The van der Waals surface area contributed by atoms with Crippen LogP contribution in [0.25, 0.3) is 0 Å². The van der Waals surface area contributed by atoms with E-state index in [4.69, 9.17) is 4.74 Å². The predicted octanol–water partition coefficient (Wildman–Crippen LogP) is -0.317. The van der Waals surface area contributed by atoms with Crippen molar-refractivity contribution in [3.05, 3.63) is 29.8 Å². The summed E-state index contributed by atoms with van der Waals surface area (Å²) in [4.78, 5) is 40.7. The molecule has 4 rings (SSSR count). The van der Waals surface area contributed by atoms with Crippen molar-refractivity contribution < 1.29 is 24.4 Å². The Hall–Kier alpha value is -2.25. The molecule has 3 heterocycles. The van der Waals surface area contributed by atoms with Crippen LogP contribution in [0, 0.1) is 17.8 Å². The van der Waals surface area contributed by atoms with E-state index in [0.717, 1.165) is 11.3 Å². The van der Waals surface area contributed by atoms with Crippen LogP contribution in [0.1, 0.15) is 19.4 Å². The Morgan fingerprint density at radius 3 is 2.65 bits per heavy atom. The Balaban J connectivity index is 1.85. The number of nitrogens with two attached hydrogens (primary N) is 1. The molecule has 2 saturated heterocycles. The van der Waals surface area contributed by atoms with Gasteiger partial charge in [0.2, 0.25) is 17.4 Å². The van der Waals surface area contributed by atoms with Crippen molar-refractivity contribution in [3.8, 4) is 0 Å². The molecule has 3 aliphatic rings. The summed E-state index contributed by atoms with van der Waals surface area (Å²) >= 11 is 0. The molecule has 7 nitrogen and oxygen atoms in total. The molecule has 138 valence electrons. The number of anilines is 1. The molecule has 0 radical (unpaired) electrons. The van der Waals surface area contributed by atoms with Crippen LogP contribution >= 0.6 is 0 Å². The fraction of sp³-hybridized carbons (Fsp3) is 0.526. The van der Waals surface area contributed by atoms with Gasteiger partial charge in [-0.2, -0.15) is 0 Å². The lowest BCUT2D eigenvalue weighted by molar-refractivity contribution is -0.738. The Morgan fingerprint density at radius 1 is 1.23 bits per heavy atom. The summed E-state index contributed by atoms with van der Waals surface area (Å²) in [5.74, 6) is -1.66. The van der Waals surface area contributed by atoms with E-state index in [2.05, 4.69) is 5.32 Å². The largest absolute Gasteiger partial charge is 0.383 e. The number of likely N-dealkylation sites (tertiary alicyclic amines) is 1. The molecule has 1 aromatic carbocycles. The predicted molar refractivity (Wildman–Crippen MR) is 92.9 cm³/mol. The molecule has 1 spiro atoms. The van der Waals surface area contributed by atoms with Crippen LogP contribution in [-0.2, 0) is 24.7 Å². The minimum Gasteiger partial charge on any atom is -0.383 e. The summed E-state index contributed by atoms with van der Waals surface area (Å²) in [5, 5.41) is 4.89. The highest BCUT2D eigenvalue weighted by Crippen LogP contribution is 2.49. The highest BCUT2D eigenvalue weighted by atomic mass is 16.5. The number of hydrogen-bond donors (Lipinski definition) is 2. The molecule has 3 amide bonds. The van der Waals surface area contributed by atoms with Gasteiger partial charge in [-0.05, 0) is 6.07 Å². The molecule has 3 aliphatic heterocycles. The maximum absolute atomic E-state index is 13.2. The zero-order valence-corrected chi connectivity index (χ0v) is 15.2. The number of ether oxygens (including phenoxy) is 1. The molecule has 0 saturated carbocycles. The average Bonchev–Trinajstić information content (AvgIpc) is 3.20. The van der Waals surface area contributed by atoms with Gasteiger partial charge in [-0.3, -0.25) is 19.3 Å². The summed E-state index contributed by atoms with van der Waals surface area (Å²) < 4.78 is 5.06. The van der Waals surface area contributed by atoms with E-state index >= 15 is 0 Å². The van der Waals surface area contributed by atoms with Crippen LogP contribution < -0.4 is 10.6 Å². The number of para-hydroxylation sites is 1. The minimum absolute atomic E-state index is 0.124. The highest BCUT2D eigenvalue weighted by Gasteiger charge is 2.74. The van der Waals surface area contributed by atoms with Crippen molar-refractivity contribution in [3.63, 3.8) is 0 Å². The van der Waals surface area contributed by atoms with Gasteiger partial charge in [-0.25, -0.2) is 0 Å². The number of carbonyl (C=O) groups is 3. The van der Waals surface area contributed by atoms with Crippen molar-refractivity contribution in [2.24, 2.45) is 17.8 Å². The normalized spacial score (nSPS) is 32.5. The van der Waals surface area contributed by atoms with E-state index in [9.17, 15) is 14.4 Å². The summed E-state index contributed by atoms with van der Waals surface area (Å²) in [5.41, 5.74) is 0.468. The molecule has 0 aromatic heterocycles. The number of quaternary nitrogens is 1. The molecule has 3 N–H and O–H groups in total. The number of nitrogens with zero attached hydrogens (tertiary/aromatic N) is 1. The zero-order chi connectivity index (χ0) is 18.6. The van der Waals surface area contributed by atoms with Crippen LogP contribution in [0.15, 0.2) is 24.3 Å². The van der Waals surface area contributed by atoms with Crippen molar-refractivity contribution in [1.82, 2.24) is 4.90 Å². The Bertz CT molecular complexity index is 793. The van der Waals surface area contributed by atoms with Crippen LogP contribution in [0.5, 0.6) is 0 Å². The molecule has 1 aromatic rings. The summed E-state index contributed by atoms with van der Waals surface area (Å²) in [6, 6.07) is 7.34. The van der Waals surface area contributed by atoms with Crippen molar-refractivity contribution in [2.45, 2.75) is 25.4 Å². The summed E-state index contributed by atoms with van der Waals surface area (Å²) in [6.07, 6.45) is 0. The molecule has 2 fully saturated rings. The number of carbonyl (C=O) groups excluding carboxylic acids is 3. The molecule has 7 heteroatoms. The van der Waals surface area contributed by atoms with Gasteiger partial charge in [0.05, 0.1) is 18.8 Å². The third-order valence-electron chi connectivity index (χ3n) is 6.09. The van der Waals surface area contributed by atoms with E-state index in [1.807, 2.05) is 43.4 Å². The first-order valence-electron chi connectivity index (χ1n) is 9.04. The third-order valence-corrected chi connectivity index (χ3v) is 6.09. The number of nitrogens with one attached hydrogen (secondary N) is 1. The van der Waals surface area contributed by atoms with Crippen LogP contribution in [0.2, 0.25) is 0 Å². The van der Waals surface area contributed by atoms with E-state index in [1.165, 1.54) is 4.90 Å². The fourth-order valence-electron chi connectivity index (χ4n) is 4.91. The number of benzene rings is 1. The number of rotatable bonds is 4. The number of imide groups is 1. The monoisotopic (exact) mass is 358 g/mol. The number of methoxy groups -OCH3 is 1. The lowest BCUT2D eigenvalue weighted by Crippen LogP contribution is -2.99. The van der Waals surface area contributed by atoms with Crippen molar-refractivity contribution in [1.29, 1.82) is 0 Å². The first-order valence-corrected chi connectivity index (χ1v) is 9.04. The van der Waals surface area contributed by atoms with Crippen LogP contribution in [0.4, 0.5) is 5.69 Å². The standard InChI is InChI=1S/C19H23N3O4/c1-10(2)15-13-14(17(24)22(16(13)23)8-9-26-3)19(21-15)11-6-4-5-7-12(11)20-18(19)25/h4-7,10,13-15,21H,8-9H2,1-3H3,(H,20,25)/p+1/t13-,14-,15-,19-/m0/s1. The quantitative estimate of drug-likeness (QED) is 0.722. The number of hydrogen-bond acceptors (Lipinski definition) is 4. The minimum atomic E-state index is -1.06. The second kappa shape index (κ2) is 5.89. The maximum Gasteiger partial charge on any atom is 0.291 e. The zero-order valence-electron chi connectivity index (χ0n) is 15.2. The molecule has 26 heavy (non-hydrogen) atoms. The molecule has 4 atom stereocenters. The summed E-state index contributed by atoms with van der Waals surface area (Å²) in [6.45, 7) is 4.59. The third kappa shape index (κ3) is 2.04. The van der Waals surface area contributed by atoms with E-state index in [0.29, 0.717) is 6.61 Å². The van der Waals surface area contributed by atoms with Crippen LogP contribution in [-0.4, -0.2) is 48.9 Å². The number of amides is 3. The van der Waals surface area contributed by atoms with Gasteiger partial charge in [0.25, 0.3) is 5.91 Å². The van der Waals surface area contributed by atoms with Crippen LogP contribution in [0.3, 0.4) is 0 Å². The second-order valence-corrected chi connectivity index (χ2v) is 7.68. The SMILES string of the molecule is COCCN1C(=O)[C@H]2[C@@H](C1=O)[C@]1([NH2+][C@H]2C(C)C)C(=O)Nc2ccccc21. The second-order valence-electron chi connectivity index (χ2n) is 7.68. The lowest BCUT2D eigenvalue weighted by atomic mass is 9.76. The Morgan fingerprint density at radius 2 is 1.96 bits per heavy atom. The Kier molecular flexibility index (Phi) is 3.89. The maximum atomic E-state index is 13.2. The fourth-order valence-corrected chi connectivity index (χ4v) is 4.91. The molecule has 0 aliphatic carbocycles. The Labute approximate surface area is 152 Å². The van der Waals surface area contributed by atoms with Crippen molar-refractivity contribution >= 4 is 23.4 Å². The summed E-state index contributed by atoms with van der Waals surface area (Å²) in [7, 11) is 1.54. The van der Waals surface area contributed by atoms with Gasteiger partial charge in [-0.1, -0.05) is 32.0 Å².